The highest BCUT2D eigenvalue weighted by molar-refractivity contribution is 5.26. The molecule has 0 spiro atoms. The monoisotopic (exact) mass is 264 g/mol. The molecule has 0 amide bonds. The van der Waals surface area contributed by atoms with Crippen LogP contribution in [0.1, 0.15) is 37.3 Å². The Morgan fingerprint density at radius 2 is 2.21 bits per heavy atom. The lowest BCUT2D eigenvalue weighted by Crippen LogP contribution is -2.45. The van der Waals surface area contributed by atoms with E-state index in [9.17, 15) is 4.39 Å². The second-order valence-electron chi connectivity index (χ2n) is 5.50. The third kappa shape index (κ3) is 4.02. The number of hydrogen-bond donors (Lipinski definition) is 1. The highest BCUT2D eigenvalue weighted by atomic mass is 19.1. The summed E-state index contributed by atoms with van der Waals surface area (Å²) in [6.45, 7) is 8.28. The molecule has 1 aromatic rings. The number of likely N-dealkylation sites (tertiary alicyclic amines) is 1. The molecule has 1 aliphatic heterocycles. The van der Waals surface area contributed by atoms with Crippen molar-refractivity contribution in [1.29, 1.82) is 0 Å². The van der Waals surface area contributed by atoms with Gasteiger partial charge in [-0.05, 0) is 56.1 Å². The quantitative estimate of drug-likeness (QED) is 0.879. The van der Waals surface area contributed by atoms with E-state index in [2.05, 4.69) is 24.1 Å². The van der Waals surface area contributed by atoms with Gasteiger partial charge in [0.1, 0.15) is 5.82 Å². The van der Waals surface area contributed by atoms with E-state index in [1.807, 2.05) is 6.07 Å². The summed E-state index contributed by atoms with van der Waals surface area (Å²) in [7, 11) is 0. The minimum Gasteiger partial charge on any atom is -0.315 e. The molecule has 19 heavy (non-hydrogen) atoms. The van der Waals surface area contributed by atoms with Crippen LogP contribution in [0.5, 0.6) is 0 Å². The maximum atomic E-state index is 13.4. The molecule has 0 aromatic heterocycles. The molecule has 1 heterocycles. The Hall–Kier alpha value is -0.930. The first kappa shape index (κ1) is 14.5. The molecular weight excluding hydrogens is 239 g/mol. The molecule has 1 aliphatic rings. The van der Waals surface area contributed by atoms with E-state index in [0.29, 0.717) is 6.04 Å². The van der Waals surface area contributed by atoms with E-state index in [0.717, 1.165) is 31.7 Å². The van der Waals surface area contributed by atoms with Crippen molar-refractivity contribution in [3.63, 3.8) is 0 Å². The Labute approximate surface area is 116 Å². The average molecular weight is 264 g/mol. The number of aryl methyl sites for hydroxylation is 1. The first-order chi connectivity index (χ1) is 9.20. The Balaban J connectivity index is 2.04. The number of hydrogen-bond acceptors (Lipinski definition) is 2. The smallest absolute Gasteiger partial charge is 0.123 e. The number of piperidine rings is 1. The summed E-state index contributed by atoms with van der Waals surface area (Å²) in [6.07, 6.45) is 3.83. The molecule has 1 unspecified atom stereocenters. The molecule has 1 saturated heterocycles. The van der Waals surface area contributed by atoms with E-state index in [1.165, 1.54) is 24.8 Å². The van der Waals surface area contributed by atoms with Gasteiger partial charge in [-0.3, -0.25) is 4.90 Å². The van der Waals surface area contributed by atoms with E-state index in [1.54, 1.807) is 12.1 Å². The maximum Gasteiger partial charge on any atom is 0.123 e. The third-order valence-electron chi connectivity index (χ3n) is 4.06. The van der Waals surface area contributed by atoms with Crippen molar-refractivity contribution in [3.05, 3.63) is 35.1 Å². The summed E-state index contributed by atoms with van der Waals surface area (Å²) in [6, 6.07) is 5.71. The van der Waals surface area contributed by atoms with Crippen molar-refractivity contribution in [2.45, 2.75) is 45.7 Å². The minimum absolute atomic E-state index is 0.124. The zero-order valence-electron chi connectivity index (χ0n) is 12.1. The zero-order valence-corrected chi connectivity index (χ0v) is 12.1. The molecule has 1 atom stereocenters. The van der Waals surface area contributed by atoms with Crippen LogP contribution in [0.25, 0.3) is 0 Å². The van der Waals surface area contributed by atoms with Crippen LogP contribution in [0.2, 0.25) is 0 Å². The molecule has 1 N–H and O–H groups in total. The number of nitrogens with zero attached hydrogens (tertiary/aromatic N) is 1. The van der Waals surface area contributed by atoms with Crippen LogP contribution < -0.4 is 5.32 Å². The first-order valence-electron chi connectivity index (χ1n) is 7.40. The lowest BCUT2D eigenvalue weighted by atomic mass is 10.00. The second-order valence-corrected chi connectivity index (χ2v) is 5.50. The molecule has 3 heteroatoms. The second kappa shape index (κ2) is 7.01. The van der Waals surface area contributed by atoms with Gasteiger partial charge >= 0.3 is 0 Å². The molecule has 1 fully saturated rings. The predicted molar refractivity (Wildman–Crippen MR) is 77.7 cm³/mol. The van der Waals surface area contributed by atoms with Crippen LogP contribution in [0, 0.1) is 12.7 Å². The van der Waals surface area contributed by atoms with Gasteiger partial charge in [0, 0.05) is 19.1 Å². The molecule has 1 aromatic carbocycles. The van der Waals surface area contributed by atoms with E-state index >= 15 is 0 Å². The summed E-state index contributed by atoms with van der Waals surface area (Å²) in [5.74, 6) is -0.124. The van der Waals surface area contributed by atoms with Crippen molar-refractivity contribution in [1.82, 2.24) is 10.2 Å². The zero-order chi connectivity index (χ0) is 13.7. The molecule has 0 saturated carbocycles. The van der Waals surface area contributed by atoms with Crippen molar-refractivity contribution in [2.75, 3.05) is 19.6 Å². The van der Waals surface area contributed by atoms with Gasteiger partial charge in [-0.1, -0.05) is 19.4 Å². The fourth-order valence-corrected chi connectivity index (χ4v) is 2.84. The summed E-state index contributed by atoms with van der Waals surface area (Å²) in [5.41, 5.74) is 2.32. The standard InChI is InChI=1S/C16H25FN2/c1-3-18-11-16-6-4-5-9-19(16)12-14-10-15(17)8-7-13(14)2/h7-8,10,16,18H,3-6,9,11-12H2,1-2H3. The lowest BCUT2D eigenvalue weighted by molar-refractivity contribution is 0.137. The van der Waals surface area contributed by atoms with Gasteiger partial charge in [0.2, 0.25) is 0 Å². The molecule has 2 rings (SSSR count). The van der Waals surface area contributed by atoms with Crippen molar-refractivity contribution in [2.24, 2.45) is 0 Å². The van der Waals surface area contributed by atoms with Gasteiger partial charge in [0.25, 0.3) is 0 Å². The molecule has 2 nitrogen and oxygen atoms in total. The van der Waals surface area contributed by atoms with Gasteiger partial charge in [-0.25, -0.2) is 4.39 Å². The normalized spacial score (nSPS) is 20.7. The van der Waals surface area contributed by atoms with E-state index in [-0.39, 0.29) is 5.82 Å². The van der Waals surface area contributed by atoms with Crippen LogP contribution in [0.3, 0.4) is 0 Å². The first-order valence-corrected chi connectivity index (χ1v) is 7.40. The number of benzene rings is 1. The van der Waals surface area contributed by atoms with Gasteiger partial charge in [-0.2, -0.15) is 0 Å². The number of likely N-dealkylation sites (N-methyl/N-ethyl adjacent to an activating group) is 1. The van der Waals surface area contributed by atoms with Crippen LogP contribution in [0.4, 0.5) is 4.39 Å². The molecular formula is C16H25FN2. The summed E-state index contributed by atoms with van der Waals surface area (Å²) >= 11 is 0. The number of halogens is 1. The average Bonchev–Trinajstić information content (AvgIpc) is 2.42. The summed E-state index contributed by atoms with van der Waals surface area (Å²) in [4.78, 5) is 2.51. The highest BCUT2D eigenvalue weighted by Crippen LogP contribution is 2.21. The van der Waals surface area contributed by atoms with Gasteiger partial charge in [0.05, 0.1) is 0 Å². The van der Waals surface area contributed by atoms with Gasteiger partial charge in [-0.15, -0.1) is 0 Å². The molecule has 0 radical (unpaired) electrons. The largest absolute Gasteiger partial charge is 0.315 e. The number of nitrogens with one attached hydrogen (secondary N) is 1. The van der Waals surface area contributed by atoms with E-state index in [4.69, 9.17) is 0 Å². The SMILES string of the molecule is CCNCC1CCCCN1Cc1cc(F)ccc1C. The Morgan fingerprint density at radius 3 is 3.00 bits per heavy atom. The Kier molecular flexibility index (Phi) is 5.34. The summed E-state index contributed by atoms with van der Waals surface area (Å²) in [5, 5.41) is 3.44. The highest BCUT2D eigenvalue weighted by Gasteiger charge is 2.22. The minimum atomic E-state index is -0.124. The van der Waals surface area contributed by atoms with Crippen molar-refractivity contribution in [3.8, 4) is 0 Å². The van der Waals surface area contributed by atoms with Crippen LogP contribution in [0.15, 0.2) is 18.2 Å². The van der Waals surface area contributed by atoms with Crippen LogP contribution >= 0.6 is 0 Å². The Bertz CT molecular complexity index is 406. The van der Waals surface area contributed by atoms with Crippen LogP contribution in [-0.2, 0) is 6.54 Å². The van der Waals surface area contributed by atoms with Crippen molar-refractivity contribution < 1.29 is 4.39 Å². The molecule has 106 valence electrons. The molecule has 0 bridgehead atoms. The fraction of sp³-hybridized carbons (Fsp3) is 0.625. The summed E-state index contributed by atoms with van der Waals surface area (Å²) < 4.78 is 13.4. The Morgan fingerprint density at radius 1 is 1.37 bits per heavy atom. The van der Waals surface area contributed by atoms with Gasteiger partial charge in [0.15, 0.2) is 0 Å². The topological polar surface area (TPSA) is 15.3 Å². The van der Waals surface area contributed by atoms with Gasteiger partial charge < -0.3 is 5.32 Å². The maximum absolute atomic E-state index is 13.4. The van der Waals surface area contributed by atoms with Crippen LogP contribution in [-0.4, -0.2) is 30.6 Å². The molecule has 0 aliphatic carbocycles. The third-order valence-corrected chi connectivity index (χ3v) is 4.06. The number of rotatable bonds is 5. The van der Waals surface area contributed by atoms with E-state index < -0.39 is 0 Å². The fourth-order valence-electron chi connectivity index (χ4n) is 2.84. The predicted octanol–water partition coefficient (Wildman–Crippen LogP) is 3.10. The lowest BCUT2D eigenvalue weighted by Gasteiger charge is -2.36. The van der Waals surface area contributed by atoms with Crippen molar-refractivity contribution >= 4 is 0 Å².